The Hall–Kier alpha value is -3.24. The van der Waals surface area contributed by atoms with Crippen molar-refractivity contribution in [2.75, 3.05) is 7.11 Å². The lowest BCUT2D eigenvalue weighted by Gasteiger charge is -2.15. The number of carbonyl (C=O) groups excluding carboxylic acids is 1. The molecule has 0 atom stereocenters. The van der Waals surface area contributed by atoms with Crippen molar-refractivity contribution < 1.29 is 31.1 Å². The molecule has 0 fully saturated rings. The second-order valence-electron chi connectivity index (χ2n) is 8.38. The van der Waals surface area contributed by atoms with Crippen LogP contribution in [0.1, 0.15) is 49.5 Å². The van der Waals surface area contributed by atoms with Crippen LogP contribution >= 0.6 is 0 Å². The molecule has 0 saturated heterocycles. The standard InChI is InChI=1S/C25H27NO7S2/c1-16(2)18-6-10-21(11-7-18)34(28,29)22-12-9-20(33-17(3)4)14-23(22)35(30,31)24-13-8-19(15-26-24)25(27)32-5/h6-17H,1-5H3. The molecule has 0 N–H and O–H groups in total. The van der Waals surface area contributed by atoms with Gasteiger partial charge in [0.15, 0.2) is 5.03 Å². The van der Waals surface area contributed by atoms with Gasteiger partial charge in [-0.1, -0.05) is 26.0 Å². The number of esters is 1. The van der Waals surface area contributed by atoms with Gasteiger partial charge in [0.1, 0.15) is 5.75 Å². The van der Waals surface area contributed by atoms with Crippen LogP contribution in [0.25, 0.3) is 0 Å². The Morgan fingerprint density at radius 2 is 1.49 bits per heavy atom. The highest BCUT2D eigenvalue weighted by Crippen LogP contribution is 2.34. The fraction of sp³-hybridized carbons (Fsp3) is 0.280. The molecule has 10 heteroatoms. The lowest BCUT2D eigenvalue weighted by Crippen LogP contribution is -2.14. The van der Waals surface area contributed by atoms with Crippen LogP contribution in [-0.4, -0.2) is 41.0 Å². The predicted octanol–water partition coefficient (Wildman–Crippen LogP) is 4.44. The average Bonchev–Trinajstić information content (AvgIpc) is 2.83. The highest BCUT2D eigenvalue weighted by atomic mass is 32.2. The minimum atomic E-state index is -4.41. The summed E-state index contributed by atoms with van der Waals surface area (Å²) in [6.45, 7) is 7.50. The maximum atomic E-state index is 13.6. The van der Waals surface area contributed by atoms with Crippen LogP contribution in [0.2, 0.25) is 0 Å². The number of hydrogen-bond acceptors (Lipinski definition) is 8. The number of benzene rings is 2. The van der Waals surface area contributed by atoms with E-state index in [2.05, 4.69) is 9.72 Å². The van der Waals surface area contributed by atoms with E-state index in [9.17, 15) is 21.6 Å². The van der Waals surface area contributed by atoms with Gasteiger partial charge in [0.25, 0.3) is 0 Å². The molecule has 0 aliphatic rings. The Bertz CT molecular complexity index is 1430. The summed E-state index contributed by atoms with van der Waals surface area (Å²) in [4.78, 5) is 14.7. The molecule has 2 aromatic carbocycles. The maximum absolute atomic E-state index is 13.6. The monoisotopic (exact) mass is 517 g/mol. The van der Waals surface area contributed by atoms with Gasteiger partial charge in [-0.15, -0.1) is 0 Å². The molecule has 8 nitrogen and oxygen atoms in total. The zero-order valence-electron chi connectivity index (χ0n) is 20.0. The van der Waals surface area contributed by atoms with Crippen LogP contribution in [0.15, 0.2) is 80.5 Å². The first-order valence-corrected chi connectivity index (χ1v) is 13.8. The van der Waals surface area contributed by atoms with Crippen molar-refractivity contribution in [1.29, 1.82) is 0 Å². The van der Waals surface area contributed by atoms with Gasteiger partial charge in [-0.3, -0.25) is 0 Å². The molecular formula is C25H27NO7S2. The van der Waals surface area contributed by atoms with E-state index in [0.717, 1.165) is 17.8 Å². The van der Waals surface area contributed by atoms with E-state index in [1.54, 1.807) is 26.0 Å². The van der Waals surface area contributed by atoms with E-state index in [4.69, 9.17) is 4.74 Å². The van der Waals surface area contributed by atoms with E-state index < -0.39 is 40.5 Å². The predicted molar refractivity (Wildman–Crippen MR) is 129 cm³/mol. The largest absolute Gasteiger partial charge is 0.491 e. The first-order chi connectivity index (χ1) is 16.4. The number of nitrogens with zero attached hydrogens (tertiary/aromatic N) is 1. The maximum Gasteiger partial charge on any atom is 0.339 e. The third kappa shape index (κ3) is 5.54. The Kier molecular flexibility index (Phi) is 7.66. The molecule has 0 bridgehead atoms. The van der Waals surface area contributed by atoms with Gasteiger partial charge >= 0.3 is 5.97 Å². The third-order valence-electron chi connectivity index (χ3n) is 5.16. The van der Waals surface area contributed by atoms with Crippen LogP contribution in [0.3, 0.4) is 0 Å². The van der Waals surface area contributed by atoms with Crippen LogP contribution in [0.5, 0.6) is 5.75 Å². The molecule has 0 saturated carbocycles. The lowest BCUT2D eigenvalue weighted by molar-refractivity contribution is 0.0600. The number of aromatic nitrogens is 1. The van der Waals surface area contributed by atoms with Crippen molar-refractivity contribution in [3.8, 4) is 5.75 Å². The smallest absolute Gasteiger partial charge is 0.339 e. The van der Waals surface area contributed by atoms with Gasteiger partial charge in [0.2, 0.25) is 19.7 Å². The number of sulfone groups is 2. The minimum Gasteiger partial charge on any atom is -0.491 e. The van der Waals surface area contributed by atoms with Gasteiger partial charge in [-0.05, 0) is 61.7 Å². The molecule has 0 radical (unpaired) electrons. The van der Waals surface area contributed by atoms with E-state index in [-0.39, 0.29) is 28.2 Å². The van der Waals surface area contributed by atoms with Crippen molar-refractivity contribution in [3.63, 3.8) is 0 Å². The number of hydrogen-bond donors (Lipinski definition) is 0. The van der Waals surface area contributed by atoms with Gasteiger partial charge in [-0.2, -0.15) is 0 Å². The molecular weight excluding hydrogens is 490 g/mol. The van der Waals surface area contributed by atoms with Crippen molar-refractivity contribution >= 4 is 25.6 Å². The SMILES string of the molecule is COC(=O)c1ccc(S(=O)(=O)c2cc(OC(C)C)ccc2S(=O)(=O)c2ccc(C(C)C)cc2)nc1. The molecule has 0 amide bonds. The molecule has 3 rings (SSSR count). The van der Waals surface area contributed by atoms with E-state index >= 15 is 0 Å². The summed E-state index contributed by atoms with van der Waals surface area (Å²) in [7, 11) is -7.43. The molecule has 1 heterocycles. The van der Waals surface area contributed by atoms with Crippen LogP contribution in [-0.2, 0) is 24.4 Å². The fourth-order valence-electron chi connectivity index (χ4n) is 3.32. The van der Waals surface area contributed by atoms with Gasteiger partial charge < -0.3 is 9.47 Å². The summed E-state index contributed by atoms with van der Waals surface area (Å²) in [5.74, 6) is -0.282. The lowest BCUT2D eigenvalue weighted by atomic mass is 10.0. The zero-order valence-corrected chi connectivity index (χ0v) is 21.7. The van der Waals surface area contributed by atoms with E-state index in [0.29, 0.717) is 0 Å². The summed E-state index contributed by atoms with van der Waals surface area (Å²) in [6.07, 6.45) is 0.792. The number of ether oxygens (including phenoxy) is 2. The number of rotatable bonds is 8. The fourth-order valence-corrected chi connectivity index (χ4v) is 6.56. The summed E-state index contributed by atoms with van der Waals surface area (Å²) >= 11 is 0. The van der Waals surface area contributed by atoms with Crippen molar-refractivity contribution in [2.45, 2.75) is 59.4 Å². The second kappa shape index (κ2) is 10.2. The zero-order chi connectivity index (χ0) is 26.0. The molecule has 0 aliphatic heterocycles. The minimum absolute atomic E-state index is 0.0372. The van der Waals surface area contributed by atoms with Crippen molar-refractivity contribution in [3.05, 3.63) is 71.9 Å². The summed E-state index contributed by atoms with van der Waals surface area (Å²) in [5.41, 5.74) is 1.01. The summed E-state index contributed by atoms with van der Waals surface area (Å²) in [6, 6.07) is 12.5. The van der Waals surface area contributed by atoms with Crippen molar-refractivity contribution in [1.82, 2.24) is 4.98 Å². The molecule has 186 valence electrons. The summed E-state index contributed by atoms with van der Waals surface area (Å²) < 4.78 is 64.5. The molecule has 0 unspecified atom stereocenters. The van der Waals surface area contributed by atoms with Crippen molar-refractivity contribution in [2.24, 2.45) is 0 Å². The third-order valence-corrected chi connectivity index (χ3v) is 8.82. The molecule has 3 aromatic rings. The molecule has 0 aliphatic carbocycles. The van der Waals surface area contributed by atoms with Crippen LogP contribution < -0.4 is 4.74 Å². The van der Waals surface area contributed by atoms with Gasteiger partial charge in [0, 0.05) is 12.3 Å². The Morgan fingerprint density at radius 1 is 0.829 bits per heavy atom. The molecule has 0 spiro atoms. The first kappa shape index (κ1) is 26.4. The molecule has 1 aromatic heterocycles. The highest BCUT2D eigenvalue weighted by molar-refractivity contribution is 7.94. The van der Waals surface area contributed by atoms with E-state index in [1.165, 1.54) is 43.5 Å². The number of methoxy groups -OCH3 is 1. The first-order valence-electron chi connectivity index (χ1n) is 10.8. The van der Waals surface area contributed by atoms with Gasteiger partial charge in [0.05, 0.1) is 33.5 Å². The Balaban J connectivity index is 2.19. The quantitative estimate of drug-likeness (QED) is 0.403. The topological polar surface area (TPSA) is 117 Å². The Labute approximate surface area is 205 Å². The van der Waals surface area contributed by atoms with Crippen LogP contribution in [0.4, 0.5) is 0 Å². The normalized spacial score (nSPS) is 12.1. The summed E-state index contributed by atoms with van der Waals surface area (Å²) in [5, 5.41) is -0.418. The van der Waals surface area contributed by atoms with Gasteiger partial charge in [-0.25, -0.2) is 26.6 Å². The molecule has 35 heavy (non-hydrogen) atoms. The number of carbonyl (C=O) groups is 1. The number of pyridine rings is 1. The van der Waals surface area contributed by atoms with E-state index in [1.807, 2.05) is 13.8 Å². The second-order valence-corrected chi connectivity index (χ2v) is 12.2. The highest BCUT2D eigenvalue weighted by Gasteiger charge is 2.31. The van der Waals surface area contributed by atoms with Crippen LogP contribution in [0, 0.1) is 0 Å². The average molecular weight is 518 g/mol. The Morgan fingerprint density at radius 3 is 2.00 bits per heavy atom.